The highest BCUT2D eigenvalue weighted by atomic mass is 16.5. The molecule has 2 heteroatoms. The average Bonchev–Trinajstić information content (AvgIpc) is 2.29. The lowest BCUT2D eigenvalue weighted by Gasteiger charge is -2.36. The van der Waals surface area contributed by atoms with E-state index in [1.807, 2.05) is 7.11 Å². The largest absolute Gasteiger partial charge is 0.380 e. The Morgan fingerprint density at radius 2 is 1.92 bits per heavy atom. The number of ether oxygens (including phenoxy) is 1. The van der Waals surface area contributed by atoms with Crippen molar-refractivity contribution in [2.24, 2.45) is 0 Å². The highest BCUT2D eigenvalue weighted by Crippen LogP contribution is 2.27. The van der Waals surface area contributed by atoms with Crippen molar-refractivity contribution >= 4 is 0 Å². The second kappa shape index (κ2) is 3.35. The maximum atomic E-state index is 5.41. The summed E-state index contributed by atoms with van der Waals surface area (Å²) in [7, 11) is 1.81. The summed E-state index contributed by atoms with van der Waals surface area (Å²) in [6, 6.07) is 0.565. The molecule has 0 unspecified atom stereocenters. The van der Waals surface area contributed by atoms with Gasteiger partial charge in [-0.25, -0.2) is 0 Å². The van der Waals surface area contributed by atoms with E-state index >= 15 is 0 Å². The molecular weight excluding hydrogens is 150 g/mol. The van der Waals surface area contributed by atoms with Crippen LogP contribution in [-0.2, 0) is 4.74 Å². The minimum Gasteiger partial charge on any atom is -0.380 e. The molecule has 1 heterocycles. The van der Waals surface area contributed by atoms with E-state index in [4.69, 9.17) is 4.74 Å². The van der Waals surface area contributed by atoms with Gasteiger partial charge in [0.15, 0.2) is 0 Å². The van der Waals surface area contributed by atoms with Gasteiger partial charge >= 0.3 is 0 Å². The Kier molecular flexibility index (Phi) is 2.79. The fourth-order valence-corrected chi connectivity index (χ4v) is 2.17. The van der Waals surface area contributed by atoms with E-state index in [2.05, 4.69) is 32.6 Å². The van der Waals surface area contributed by atoms with Crippen LogP contribution in [0.1, 0.15) is 34.1 Å². The van der Waals surface area contributed by atoms with E-state index in [0.717, 1.165) is 0 Å². The maximum absolute atomic E-state index is 5.41. The third-order valence-corrected chi connectivity index (χ3v) is 2.85. The summed E-state index contributed by atoms with van der Waals surface area (Å²) in [6.07, 6.45) is 1.61. The van der Waals surface area contributed by atoms with Gasteiger partial charge in [0.2, 0.25) is 0 Å². The SMILES string of the molecule is CO[C@@H]1CCN(C(C)(C)C)[C@H]1C. The number of methoxy groups -OCH3 is 1. The third-order valence-electron chi connectivity index (χ3n) is 2.85. The molecule has 0 aromatic rings. The number of likely N-dealkylation sites (tertiary alicyclic amines) is 1. The van der Waals surface area contributed by atoms with Gasteiger partial charge in [-0.1, -0.05) is 0 Å². The molecule has 12 heavy (non-hydrogen) atoms. The number of rotatable bonds is 1. The van der Waals surface area contributed by atoms with E-state index in [1.165, 1.54) is 13.0 Å². The Bertz CT molecular complexity index is 150. The molecular formula is C10H21NO. The summed E-state index contributed by atoms with van der Waals surface area (Å²) in [4.78, 5) is 2.52. The maximum Gasteiger partial charge on any atom is 0.0736 e. The van der Waals surface area contributed by atoms with Gasteiger partial charge in [-0.15, -0.1) is 0 Å². The van der Waals surface area contributed by atoms with Gasteiger partial charge in [-0.05, 0) is 34.1 Å². The van der Waals surface area contributed by atoms with Crippen molar-refractivity contribution < 1.29 is 4.74 Å². The molecule has 0 aliphatic carbocycles. The molecule has 1 rings (SSSR count). The Balaban J connectivity index is 2.61. The van der Waals surface area contributed by atoms with Gasteiger partial charge < -0.3 is 4.74 Å². The molecule has 0 bridgehead atoms. The lowest BCUT2D eigenvalue weighted by Crippen LogP contribution is -2.45. The van der Waals surface area contributed by atoms with Crippen molar-refractivity contribution in [2.45, 2.75) is 51.8 Å². The van der Waals surface area contributed by atoms with Crippen LogP contribution in [0, 0.1) is 0 Å². The summed E-state index contributed by atoms with van der Waals surface area (Å²) < 4.78 is 5.41. The highest BCUT2D eigenvalue weighted by molar-refractivity contribution is 4.91. The molecule has 0 radical (unpaired) electrons. The Morgan fingerprint density at radius 3 is 2.17 bits per heavy atom. The zero-order chi connectivity index (χ0) is 9.35. The van der Waals surface area contributed by atoms with E-state index < -0.39 is 0 Å². The highest BCUT2D eigenvalue weighted by Gasteiger charge is 2.36. The van der Waals surface area contributed by atoms with Gasteiger partial charge in [0.25, 0.3) is 0 Å². The Labute approximate surface area is 75.9 Å². The lowest BCUT2D eigenvalue weighted by atomic mass is 10.0. The molecule has 0 aromatic heterocycles. The normalized spacial score (nSPS) is 32.8. The second-order valence-corrected chi connectivity index (χ2v) is 4.67. The molecule has 1 aliphatic heterocycles. The Hall–Kier alpha value is -0.0800. The zero-order valence-corrected chi connectivity index (χ0v) is 8.92. The molecule has 2 nitrogen and oxygen atoms in total. The third kappa shape index (κ3) is 1.80. The van der Waals surface area contributed by atoms with Crippen molar-refractivity contribution in [3.63, 3.8) is 0 Å². The van der Waals surface area contributed by atoms with Crippen LogP contribution >= 0.6 is 0 Å². The zero-order valence-electron chi connectivity index (χ0n) is 8.92. The van der Waals surface area contributed by atoms with Gasteiger partial charge in [0, 0.05) is 25.2 Å². The molecule has 0 aromatic carbocycles. The fraction of sp³-hybridized carbons (Fsp3) is 1.00. The van der Waals surface area contributed by atoms with Crippen molar-refractivity contribution in [1.82, 2.24) is 4.90 Å². The van der Waals surface area contributed by atoms with Crippen LogP contribution in [0.2, 0.25) is 0 Å². The summed E-state index contributed by atoms with van der Waals surface area (Å²) in [5.41, 5.74) is 0.284. The standard InChI is InChI=1S/C10H21NO/c1-8-9(12-5)6-7-11(8)10(2,3)4/h8-9H,6-7H2,1-5H3/t8-,9+/m0/s1. The summed E-state index contributed by atoms with van der Waals surface area (Å²) in [5.74, 6) is 0. The minimum atomic E-state index is 0.284. The first-order chi connectivity index (χ1) is 5.46. The van der Waals surface area contributed by atoms with Crippen LogP contribution in [0.3, 0.4) is 0 Å². The summed E-state index contributed by atoms with van der Waals surface area (Å²) in [5, 5.41) is 0. The molecule has 0 amide bonds. The molecule has 0 saturated carbocycles. The lowest BCUT2D eigenvalue weighted by molar-refractivity contribution is 0.0444. The van der Waals surface area contributed by atoms with Gasteiger partial charge in [-0.3, -0.25) is 4.90 Å². The summed E-state index contributed by atoms with van der Waals surface area (Å²) >= 11 is 0. The monoisotopic (exact) mass is 171 g/mol. The van der Waals surface area contributed by atoms with Crippen LogP contribution in [0.25, 0.3) is 0 Å². The smallest absolute Gasteiger partial charge is 0.0736 e. The predicted octanol–water partition coefficient (Wildman–Crippen LogP) is 1.89. The molecule has 1 aliphatic rings. The van der Waals surface area contributed by atoms with Crippen LogP contribution in [-0.4, -0.2) is 36.2 Å². The second-order valence-electron chi connectivity index (χ2n) is 4.67. The van der Waals surface area contributed by atoms with Crippen LogP contribution in [0.15, 0.2) is 0 Å². The van der Waals surface area contributed by atoms with Gasteiger partial charge in [-0.2, -0.15) is 0 Å². The molecule has 2 atom stereocenters. The quantitative estimate of drug-likeness (QED) is 0.597. The number of hydrogen-bond donors (Lipinski definition) is 0. The van der Waals surface area contributed by atoms with Crippen LogP contribution in [0.5, 0.6) is 0 Å². The molecule has 0 N–H and O–H groups in total. The van der Waals surface area contributed by atoms with Gasteiger partial charge in [0.1, 0.15) is 0 Å². The van der Waals surface area contributed by atoms with Crippen LogP contribution in [0.4, 0.5) is 0 Å². The molecule has 0 spiro atoms. The first kappa shape index (κ1) is 10.0. The van der Waals surface area contributed by atoms with E-state index in [-0.39, 0.29) is 5.54 Å². The number of nitrogens with zero attached hydrogens (tertiary/aromatic N) is 1. The molecule has 1 saturated heterocycles. The predicted molar refractivity (Wildman–Crippen MR) is 51.3 cm³/mol. The first-order valence-electron chi connectivity index (χ1n) is 4.76. The fourth-order valence-electron chi connectivity index (χ4n) is 2.17. The summed E-state index contributed by atoms with van der Waals surface area (Å²) in [6.45, 7) is 10.2. The first-order valence-corrected chi connectivity index (χ1v) is 4.76. The van der Waals surface area contributed by atoms with Gasteiger partial charge in [0.05, 0.1) is 6.10 Å². The van der Waals surface area contributed by atoms with Crippen molar-refractivity contribution in [2.75, 3.05) is 13.7 Å². The van der Waals surface area contributed by atoms with Crippen molar-refractivity contribution in [3.05, 3.63) is 0 Å². The topological polar surface area (TPSA) is 12.5 Å². The number of hydrogen-bond acceptors (Lipinski definition) is 2. The minimum absolute atomic E-state index is 0.284. The average molecular weight is 171 g/mol. The van der Waals surface area contributed by atoms with E-state index in [1.54, 1.807) is 0 Å². The van der Waals surface area contributed by atoms with E-state index in [9.17, 15) is 0 Å². The van der Waals surface area contributed by atoms with E-state index in [0.29, 0.717) is 12.1 Å². The van der Waals surface area contributed by atoms with Crippen molar-refractivity contribution in [1.29, 1.82) is 0 Å². The molecule has 72 valence electrons. The van der Waals surface area contributed by atoms with Crippen molar-refractivity contribution in [3.8, 4) is 0 Å². The van der Waals surface area contributed by atoms with Crippen LogP contribution < -0.4 is 0 Å². The molecule has 1 fully saturated rings. The Morgan fingerprint density at radius 1 is 1.33 bits per heavy atom.